The van der Waals surface area contributed by atoms with Crippen LogP contribution in [0.2, 0.25) is 0 Å². The Kier molecular flexibility index (Phi) is 4.45. The molecule has 3 nitrogen and oxygen atoms in total. The summed E-state index contributed by atoms with van der Waals surface area (Å²) < 4.78 is 5.75. The van der Waals surface area contributed by atoms with Crippen molar-refractivity contribution in [1.82, 2.24) is 10.2 Å². The maximum atomic E-state index is 5.75. The summed E-state index contributed by atoms with van der Waals surface area (Å²) in [6.07, 6.45) is 4.42. The van der Waals surface area contributed by atoms with Gasteiger partial charge in [0, 0.05) is 31.2 Å². The Hall–Kier alpha value is -0.120. The van der Waals surface area contributed by atoms with Crippen molar-refractivity contribution < 1.29 is 4.74 Å². The smallest absolute Gasteiger partial charge is 0.0655 e. The molecule has 0 aromatic heterocycles. The molecule has 1 aliphatic carbocycles. The molecule has 1 saturated carbocycles. The maximum Gasteiger partial charge on any atom is 0.0655 e. The van der Waals surface area contributed by atoms with E-state index in [2.05, 4.69) is 31.0 Å². The van der Waals surface area contributed by atoms with E-state index in [1.165, 1.54) is 38.9 Å². The predicted octanol–water partition coefficient (Wildman–Crippen LogP) is 1.88. The second-order valence-electron chi connectivity index (χ2n) is 6.06. The van der Waals surface area contributed by atoms with E-state index in [-0.39, 0.29) is 0 Å². The van der Waals surface area contributed by atoms with E-state index in [4.69, 9.17) is 4.74 Å². The van der Waals surface area contributed by atoms with Crippen LogP contribution in [0.5, 0.6) is 0 Å². The van der Waals surface area contributed by atoms with Gasteiger partial charge in [0.05, 0.1) is 6.10 Å². The Morgan fingerprint density at radius 2 is 2.00 bits per heavy atom. The zero-order valence-electron chi connectivity index (χ0n) is 11.7. The molecule has 3 heteroatoms. The molecule has 1 saturated heterocycles. The summed E-state index contributed by atoms with van der Waals surface area (Å²) in [7, 11) is 0. The largest absolute Gasteiger partial charge is 0.378 e. The van der Waals surface area contributed by atoms with Gasteiger partial charge in [0.2, 0.25) is 0 Å². The van der Waals surface area contributed by atoms with Gasteiger partial charge in [0.25, 0.3) is 0 Å². The highest BCUT2D eigenvalue weighted by Crippen LogP contribution is 2.42. The first-order chi connectivity index (χ1) is 8.14. The molecule has 0 amide bonds. The minimum absolute atomic E-state index is 0.307. The van der Waals surface area contributed by atoms with Gasteiger partial charge >= 0.3 is 0 Å². The third kappa shape index (κ3) is 3.01. The summed E-state index contributed by atoms with van der Waals surface area (Å²) in [5.74, 6) is 0. The van der Waals surface area contributed by atoms with Crippen LogP contribution in [-0.4, -0.2) is 49.8 Å². The van der Waals surface area contributed by atoms with Crippen molar-refractivity contribution >= 4 is 0 Å². The average Bonchev–Trinajstić information content (AvgIpc) is 2.80. The fraction of sp³-hybridized carbons (Fsp3) is 1.00. The van der Waals surface area contributed by atoms with Crippen LogP contribution in [0.4, 0.5) is 0 Å². The average molecular weight is 240 g/mol. The quantitative estimate of drug-likeness (QED) is 0.767. The molecule has 0 bridgehead atoms. The SMILES string of the molecule is CCOC1CC(NCCN2CCCC2)C1(C)C. The second-order valence-corrected chi connectivity index (χ2v) is 6.06. The lowest BCUT2D eigenvalue weighted by Crippen LogP contribution is -2.61. The summed E-state index contributed by atoms with van der Waals surface area (Å²) >= 11 is 0. The van der Waals surface area contributed by atoms with E-state index >= 15 is 0 Å². The summed E-state index contributed by atoms with van der Waals surface area (Å²) in [5.41, 5.74) is 0.307. The van der Waals surface area contributed by atoms with E-state index in [1.807, 2.05) is 0 Å². The Morgan fingerprint density at radius 3 is 2.59 bits per heavy atom. The summed E-state index contributed by atoms with van der Waals surface area (Å²) in [6, 6.07) is 0.640. The Bertz CT molecular complexity index is 236. The van der Waals surface area contributed by atoms with Crippen molar-refractivity contribution in [3.8, 4) is 0 Å². The minimum atomic E-state index is 0.307. The first-order valence-corrected chi connectivity index (χ1v) is 7.22. The zero-order chi connectivity index (χ0) is 12.3. The molecule has 17 heavy (non-hydrogen) atoms. The number of hydrogen-bond acceptors (Lipinski definition) is 3. The van der Waals surface area contributed by atoms with Crippen LogP contribution in [0.3, 0.4) is 0 Å². The van der Waals surface area contributed by atoms with Crippen molar-refractivity contribution in [2.45, 2.75) is 52.2 Å². The summed E-state index contributed by atoms with van der Waals surface area (Å²) in [6.45, 7) is 12.5. The van der Waals surface area contributed by atoms with Gasteiger partial charge in [-0.1, -0.05) is 13.8 Å². The lowest BCUT2D eigenvalue weighted by atomic mass is 9.64. The van der Waals surface area contributed by atoms with Gasteiger partial charge in [-0.15, -0.1) is 0 Å². The van der Waals surface area contributed by atoms with Gasteiger partial charge in [-0.05, 0) is 39.3 Å². The third-order valence-corrected chi connectivity index (χ3v) is 4.56. The molecule has 2 rings (SSSR count). The molecule has 0 aromatic rings. The van der Waals surface area contributed by atoms with Crippen LogP contribution in [0.1, 0.15) is 40.0 Å². The van der Waals surface area contributed by atoms with Crippen molar-refractivity contribution in [2.75, 3.05) is 32.8 Å². The van der Waals surface area contributed by atoms with Crippen LogP contribution in [0, 0.1) is 5.41 Å². The number of likely N-dealkylation sites (tertiary alicyclic amines) is 1. The van der Waals surface area contributed by atoms with Gasteiger partial charge in [0.1, 0.15) is 0 Å². The molecule has 2 unspecified atom stereocenters. The van der Waals surface area contributed by atoms with Crippen molar-refractivity contribution in [3.63, 3.8) is 0 Å². The molecule has 2 aliphatic rings. The van der Waals surface area contributed by atoms with E-state index in [0.29, 0.717) is 17.6 Å². The Labute approximate surface area is 106 Å². The van der Waals surface area contributed by atoms with Crippen LogP contribution in [-0.2, 0) is 4.74 Å². The second kappa shape index (κ2) is 5.68. The summed E-state index contributed by atoms with van der Waals surface area (Å²) in [4.78, 5) is 2.57. The van der Waals surface area contributed by atoms with Gasteiger partial charge in [-0.25, -0.2) is 0 Å². The molecular weight excluding hydrogens is 212 g/mol. The highest BCUT2D eigenvalue weighted by Gasteiger charge is 2.48. The third-order valence-electron chi connectivity index (χ3n) is 4.56. The van der Waals surface area contributed by atoms with Crippen LogP contribution < -0.4 is 5.32 Å². The molecule has 2 atom stereocenters. The molecule has 2 fully saturated rings. The maximum absolute atomic E-state index is 5.75. The van der Waals surface area contributed by atoms with E-state index < -0.39 is 0 Å². The van der Waals surface area contributed by atoms with Crippen LogP contribution in [0.15, 0.2) is 0 Å². The predicted molar refractivity (Wildman–Crippen MR) is 71.3 cm³/mol. The fourth-order valence-corrected chi connectivity index (χ4v) is 3.12. The molecule has 1 heterocycles. The van der Waals surface area contributed by atoms with E-state index in [9.17, 15) is 0 Å². The highest BCUT2D eigenvalue weighted by molar-refractivity contribution is 5.02. The first-order valence-electron chi connectivity index (χ1n) is 7.22. The molecule has 100 valence electrons. The fourth-order valence-electron chi connectivity index (χ4n) is 3.12. The lowest BCUT2D eigenvalue weighted by Gasteiger charge is -2.52. The zero-order valence-corrected chi connectivity index (χ0v) is 11.7. The van der Waals surface area contributed by atoms with Crippen LogP contribution >= 0.6 is 0 Å². The Balaban J connectivity index is 1.63. The molecule has 1 N–H and O–H groups in total. The van der Waals surface area contributed by atoms with Crippen molar-refractivity contribution in [2.24, 2.45) is 5.41 Å². The molecule has 0 spiro atoms. The van der Waals surface area contributed by atoms with Gasteiger partial charge < -0.3 is 15.0 Å². The Morgan fingerprint density at radius 1 is 1.29 bits per heavy atom. The highest BCUT2D eigenvalue weighted by atomic mass is 16.5. The topological polar surface area (TPSA) is 24.5 Å². The van der Waals surface area contributed by atoms with Crippen molar-refractivity contribution in [3.05, 3.63) is 0 Å². The first kappa shape index (κ1) is 13.3. The van der Waals surface area contributed by atoms with Gasteiger partial charge in [-0.3, -0.25) is 0 Å². The van der Waals surface area contributed by atoms with Crippen molar-refractivity contribution in [1.29, 1.82) is 0 Å². The van der Waals surface area contributed by atoms with Gasteiger partial charge in [0.15, 0.2) is 0 Å². The number of nitrogens with one attached hydrogen (secondary N) is 1. The summed E-state index contributed by atoms with van der Waals surface area (Å²) in [5, 5.41) is 3.70. The van der Waals surface area contributed by atoms with E-state index in [1.54, 1.807) is 0 Å². The monoisotopic (exact) mass is 240 g/mol. The minimum Gasteiger partial charge on any atom is -0.378 e. The molecular formula is C14H28N2O. The van der Waals surface area contributed by atoms with Crippen LogP contribution in [0.25, 0.3) is 0 Å². The molecule has 0 radical (unpaired) electrons. The lowest BCUT2D eigenvalue weighted by molar-refractivity contribution is -0.114. The number of nitrogens with zero attached hydrogens (tertiary/aromatic N) is 1. The number of rotatable bonds is 6. The normalized spacial score (nSPS) is 32.6. The van der Waals surface area contributed by atoms with E-state index in [0.717, 1.165) is 13.2 Å². The number of hydrogen-bond donors (Lipinski definition) is 1. The number of ether oxygens (including phenoxy) is 1. The molecule has 0 aromatic carbocycles. The standard InChI is InChI=1S/C14H28N2O/c1-4-17-13-11-12(14(13,2)3)15-7-10-16-8-5-6-9-16/h12-13,15H,4-11H2,1-3H3. The molecule has 1 aliphatic heterocycles. The van der Waals surface area contributed by atoms with Gasteiger partial charge in [-0.2, -0.15) is 0 Å².